The normalized spacial score (nSPS) is 15.3. The number of carbonyl (C=O) groups is 2. The zero-order chi connectivity index (χ0) is 18.0. The summed E-state index contributed by atoms with van der Waals surface area (Å²) in [5, 5.41) is 3.27. The van der Waals surface area contributed by atoms with Crippen molar-refractivity contribution in [3.63, 3.8) is 0 Å². The number of benzene rings is 1. The molecule has 2 heterocycles. The zero-order valence-corrected chi connectivity index (χ0v) is 12.7. The molecule has 1 amide bonds. The maximum absolute atomic E-state index is 12.4. The minimum Gasteiger partial charge on any atom is -0.410 e. The molecule has 0 saturated carbocycles. The van der Waals surface area contributed by atoms with E-state index in [-0.39, 0.29) is 29.5 Å². The molecule has 1 aliphatic rings. The van der Waals surface area contributed by atoms with E-state index >= 15 is 0 Å². The Morgan fingerprint density at radius 1 is 1.24 bits per heavy atom. The molecule has 25 heavy (non-hydrogen) atoms. The molecule has 1 aliphatic heterocycles. The van der Waals surface area contributed by atoms with Gasteiger partial charge in [-0.3, -0.25) is 4.79 Å². The molecule has 2 aromatic rings. The number of Topliss-reactive ketones (excluding diaryl/α,β-unsaturated/α-hetero) is 1. The Balaban J connectivity index is 1.67. The number of hydrogen-bond donors (Lipinski definition) is 0. The SMILES string of the molecule is O=C1CCCN(C(=O)Oc2ccc(-c3noc(C(F)(F)F)n3)cc2)C1. The van der Waals surface area contributed by atoms with Gasteiger partial charge in [-0.05, 0) is 30.7 Å². The van der Waals surface area contributed by atoms with Crippen LogP contribution in [0.1, 0.15) is 18.7 Å². The number of hydrogen-bond acceptors (Lipinski definition) is 6. The molecule has 0 bridgehead atoms. The predicted molar refractivity (Wildman–Crippen MR) is 76.6 cm³/mol. The number of likely N-dealkylation sites (tertiary alicyclic amines) is 1. The Labute approximate surface area is 139 Å². The Bertz CT molecular complexity index is 786. The van der Waals surface area contributed by atoms with E-state index in [2.05, 4.69) is 14.7 Å². The van der Waals surface area contributed by atoms with E-state index in [1.54, 1.807) is 0 Å². The molecular weight excluding hydrogens is 343 g/mol. The third-order valence-corrected chi connectivity index (χ3v) is 3.50. The lowest BCUT2D eigenvalue weighted by Crippen LogP contribution is -2.41. The van der Waals surface area contributed by atoms with Gasteiger partial charge >= 0.3 is 18.2 Å². The van der Waals surface area contributed by atoms with Crippen molar-refractivity contribution >= 4 is 11.9 Å². The summed E-state index contributed by atoms with van der Waals surface area (Å²) in [5.41, 5.74) is 0.271. The molecule has 1 fully saturated rings. The summed E-state index contributed by atoms with van der Waals surface area (Å²) in [6.07, 6.45) is -4.33. The Kier molecular flexibility index (Phi) is 4.43. The number of ketones is 1. The van der Waals surface area contributed by atoms with Crippen LogP contribution in [0.2, 0.25) is 0 Å². The van der Waals surface area contributed by atoms with Crippen molar-refractivity contribution in [1.82, 2.24) is 15.0 Å². The minimum absolute atomic E-state index is 0.0139. The second-order valence-corrected chi connectivity index (χ2v) is 5.38. The van der Waals surface area contributed by atoms with E-state index in [0.29, 0.717) is 19.4 Å². The molecule has 7 nitrogen and oxygen atoms in total. The van der Waals surface area contributed by atoms with Gasteiger partial charge < -0.3 is 14.2 Å². The summed E-state index contributed by atoms with van der Waals surface area (Å²) in [4.78, 5) is 27.9. The number of rotatable bonds is 2. The first-order valence-electron chi connectivity index (χ1n) is 7.33. The van der Waals surface area contributed by atoms with Crippen LogP contribution in [0, 0.1) is 0 Å². The number of halogens is 3. The highest BCUT2D eigenvalue weighted by atomic mass is 19.4. The Morgan fingerprint density at radius 3 is 2.56 bits per heavy atom. The fourth-order valence-corrected chi connectivity index (χ4v) is 2.29. The second kappa shape index (κ2) is 6.54. The van der Waals surface area contributed by atoms with Crippen molar-refractivity contribution in [2.24, 2.45) is 0 Å². The van der Waals surface area contributed by atoms with Gasteiger partial charge in [-0.2, -0.15) is 18.2 Å². The van der Waals surface area contributed by atoms with Crippen LogP contribution in [-0.2, 0) is 11.0 Å². The fraction of sp³-hybridized carbons (Fsp3) is 0.333. The molecule has 0 N–H and O–H groups in total. The molecule has 1 aromatic heterocycles. The molecule has 1 saturated heterocycles. The number of amides is 1. The van der Waals surface area contributed by atoms with E-state index in [0.717, 1.165) is 0 Å². The number of piperidine rings is 1. The van der Waals surface area contributed by atoms with Crippen LogP contribution in [0.25, 0.3) is 11.4 Å². The molecule has 1 aromatic carbocycles. The molecule has 0 aliphatic carbocycles. The average Bonchev–Trinajstić information content (AvgIpc) is 3.06. The number of carbonyl (C=O) groups excluding carboxylic acids is 2. The van der Waals surface area contributed by atoms with Gasteiger partial charge in [0, 0.05) is 18.5 Å². The summed E-state index contributed by atoms with van der Waals surface area (Å²) < 4.78 is 46.6. The maximum Gasteiger partial charge on any atom is 0.471 e. The maximum atomic E-state index is 12.4. The Morgan fingerprint density at radius 2 is 1.96 bits per heavy atom. The number of alkyl halides is 3. The molecule has 10 heteroatoms. The fourth-order valence-electron chi connectivity index (χ4n) is 2.29. The van der Waals surface area contributed by atoms with Crippen LogP contribution in [0.4, 0.5) is 18.0 Å². The highest BCUT2D eigenvalue weighted by Crippen LogP contribution is 2.29. The van der Waals surface area contributed by atoms with Crippen molar-refractivity contribution in [2.75, 3.05) is 13.1 Å². The van der Waals surface area contributed by atoms with Gasteiger partial charge in [-0.25, -0.2) is 4.79 Å². The summed E-state index contributed by atoms with van der Waals surface area (Å²) >= 11 is 0. The van der Waals surface area contributed by atoms with Gasteiger partial charge in [-0.1, -0.05) is 5.16 Å². The van der Waals surface area contributed by atoms with Crippen molar-refractivity contribution < 1.29 is 32.0 Å². The number of ether oxygens (including phenoxy) is 1. The van der Waals surface area contributed by atoms with Crippen molar-refractivity contribution in [1.29, 1.82) is 0 Å². The first kappa shape index (κ1) is 16.9. The van der Waals surface area contributed by atoms with Crippen molar-refractivity contribution in [2.45, 2.75) is 19.0 Å². The third kappa shape index (κ3) is 3.95. The lowest BCUT2D eigenvalue weighted by Gasteiger charge is -2.24. The molecule has 0 spiro atoms. The largest absolute Gasteiger partial charge is 0.471 e. The molecular formula is C15H12F3N3O4. The smallest absolute Gasteiger partial charge is 0.410 e. The van der Waals surface area contributed by atoms with Gasteiger partial charge in [0.25, 0.3) is 0 Å². The zero-order valence-electron chi connectivity index (χ0n) is 12.7. The van der Waals surface area contributed by atoms with Crippen LogP contribution in [0.5, 0.6) is 5.75 Å². The Hall–Kier alpha value is -2.91. The van der Waals surface area contributed by atoms with Gasteiger partial charge in [0.05, 0.1) is 6.54 Å². The third-order valence-electron chi connectivity index (χ3n) is 3.50. The first-order valence-corrected chi connectivity index (χ1v) is 7.33. The van der Waals surface area contributed by atoms with Crippen LogP contribution in [0.15, 0.2) is 28.8 Å². The van der Waals surface area contributed by atoms with Gasteiger partial charge in [0.1, 0.15) is 5.75 Å². The van der Waals surface area contributed by atoms with E-state index in [1.807, 2.05) is 0 Å². The van der Waals surface area contributed by atoms with Crippen LogP contribution in [-0.4, -0.2) is 40.0 Å². The summed E-state index contributed by atoms with van der Waals surface area (Å²) in [7, 11) is 0. The lowest BCUT2D eigenvalue weighted by molar-refractivity contribution is -0.159. The van der Waals surface area contributed by atoms with Gasteiger partial charge in [-0.15, -0.1) is 0 Å². The van der Waals surface area contributed by atoms with E-state index in [9.17, 15) is 22.8 Å². The standard InChI is InChI=1S/C15H12F3N3O4/c16-15(17,18)13-19-12(20-25-13)9-3-5-11(6-4-9)24-14(23)21-7-1-2-10(22)8-21/h3-6H,1-2,7-8H2. The average molecular weight is 355 g/mol. The summed E-state index contributed by atoms with van der Waals surface area (Å²) in [6, 6.07) is 5.58. The highest BCUT2D eigenvalue weighted by Gasteiger charge is 2.38. The summed E-state index contributed by atoms with van der Waals surface area (Å²) in [5.74, 6) is -1.51. The van der Waals surface area contributed by atoms with Crippen LogP contribution in [0.3, 0.4) is 0 Å². The minimum atomic E-state index is -4.72. The van der Waals surface area contributed by atoms with Gasteiger partial charge in [0.2, 0.25) is 5.82 Å². The monoisotopic (exact) mass is 355 g/mol. The highest BCUT2D eigenvalue weighted by molar-refractivity contribution is 5.85. The molecule has 0 unspecified atom stereocenters. The van der Waals surface area contributed by atoms with Crippen molar-refractivity contribution in [3.05, 3.63) is 30.2 Å². The van der Waals surface area contributed by atoms with E-state index in [4.69, 9.17) is 4.74 Å². The molecule has 0 radical (unpaired) electrons. The van der Waals surface area contributed by atoms with Crippen LogP contribution < -0.4 is 4.74 Å². The van der Waals surface area contributed by atoms with Crippen molar-refractivity contribution in [3.8, 4) is 17.1 Å². The van der Waals surface area contributed by atoms with Crippen LogP contribution >= 0.6 is 0 Å². The first-order chi connectivity index (χ1) is 11.8. The molecule has 0 atom stereocenters. The predicted octanol–water partition coefficient (Wildman–Crippen LogP) is 2.92. The number of nitrogens with zero attached hydrogens (tertiary/aromatic N) is 3. The van der Waals surface area contributed by atoms with E-state index < -0.39 is 18.2 Å². The summed E-state index contributed by atoms with van der Waals surface area (Å²) in [6.45, 7) is 0.450. The molecule has 3 rings (SSSR count). The van der Waals surface area contributed by atoms with Gasteiger partial charge in [0.15, 0.2) is 5.78 Å². The quantitative estimate of drug-likeness (QED) is 0.823. The lowest BCUT2D eigenvalue weighted by atomic mass is 10.1. The molecule has 132 valence electrons. The number of aromatic nitrogens is 2. The van der Waals surface area contributed by atoms with E-state index in [1.165, 1.54) is 29.2 Å². The second-order valence-electron chi connectivity index (χ2n) is 5.38. The topological polar surface area (TPSA) is 85.5 Å².